The van der Waals surface area contributed by atoms with Crippen molar-refractivity contribution in [1.29, 1.82) is 0 Å². The Kier molecular flexibility index (Phi) is 6.35. The fourth-order valence-corrected chi connectivity index (χ4v) is 8.75. The molecule has 0 aliphatic carbocycles. The third-order valence-corrected chi connectivity index (χ3v) is 11.1. The van der Waals surface area contributed by atoms with E-state index in [1.54, 1.807) is 11.3 Å². The Morgan fingerprint density at radius 3 is 2.02 bits per heavy atom. The smallest absolute Gasteiger partial charge is 0.164 e. The van der Waals surface area contributed by atoms with Crippen molar-refractivity contribution in [3.8, 4) is 45.3 Å². The van der Waals surface area contributed by atoms with Gasteiger partial charge >= 0.3 is 0 Å². The Morgan fingerprint density at radius 1 is 0.423 bits per heavy atom. The van der Waals surface area contributed by atoms with E-state index in [1.807, 2.05) is 72.9 Å². The van der Waals surface area contributed by atoms with Crippen LogP contribution in [0, 0.1) is 0 Å². The van der Waals surface area contributed by atoms with E-state index in [0.29, 0.717) is 17.5 Å². The lowest BCUT2D eigenvalue weighted by atomic mass is 9.94. The highest BCUT2D eigenvalue weighted by Gasteiger charge is 2.18. The maximum atomic E-state index is 6.22. The molecule has 242 valence electrons. The second-order valence-electron chi connectivity index (χ2n) is 13.0. The monoisotopic (exact) mass is 682 g/mol. The lowest BCUT2D eigenvalue weighted by Crippen LogP contribution is -2.00. The number of fused-ring (bicyclic) bond motifs is 9. The minimum absolute atomic E-state index is 0.607. The summed E-state index contributed by atoms with van der Waals surface area (Å²) in [6.45, 7) is 0. The van der Waals surface area contributed by atoms with E-state index in [0.717, 1.165) is 54.2 Å². The first kappa shape index (κ1) is 29.0. The molecule has 0 spiro atoms. The topological polar surface area (TPSA) is 64.7 Å². The molecule has 0 unspecified atom stereocenters. The van der Waals surface area contributed by atoms with Crippen LogP contribution in [0.25, 0.3) is 109 Å². The van der Waals surface area contributed by atoms with Crippen LogP contribution in [-0.2, 0) is 0 Å². The number of thiophene rings is 1. The summed E-state index contributed by atoms with van der Waals surface area (Å²) in [6, 6.07) is 52.7. The van der Waals surface area contributed by atoms with Crippen molar-refractivity contribution >= 4 is 75.1 Å². The fraction of sp³-hybridized carbons (Fsp3) is 0. The van der Waals surface area contributed by atoms with Gasteiger partial charge in [0, 0.05) is 54.5 Å². The predicted molar refractivity (Wildman–Crippen MR) is 215 cm³/mol. The largest absolute Gasteiger partial charge is 0.456 e. The molecule has 11 rings (SSSR count). The van der Waals surface area contributed by atoms with Gasteiger partial charge in [0.05, 0.1) is 0 Å². The van der Waals surface area contributed by atoms with E-state index in [2.05, 4.69) is 89.9 Å². The van der Waals surface area contributed by atoms with E-state index in [9.17, 15) is 0 Å². The van der Waals surface area contributed by atoms with E-state index < -0.39 is 0 Å². The second-order valence-corrected chi connectivity index (χ2v) is 14.0. The average Bonchev–Trinajstić information content (AvgIpc) is 3.79. The first-order valence-electron chi connectivity index (χ1n) is 17.2. The van der Waals surface area contributed by atoms with Crippen LogP contribution < -0.4 is 0 Å². The summed E-state index contributed by atoms with van der Waals surface area (Å²) in [7, 11) is 0. The zero-order chi connectivity index (χ0) is 34.2. The molecular weight excluding hydrogens is 657 g/mol. The zero-order valence-electron chi connectivity index (χ0n) is 27.6. The van der Waals surface area contributed by atoms with Gasteiger partial charge in [-0.1, -0.05) is 115 Å². The molecule has 0 fully saturated rings. The van der Waals surface area contributed by atoms with Crippen LogP contribution in [0.15, 0.2) is 162 Å². The highest BCUT2D eigenvalue weighted by Crippen LogP contribution is 2.42. The van der Waals surface area contributed by atoms with Crippen LogP contribution in [-0.4, -0.2) is 19.9 Å². The normalized spacial score (nSPS) is 11.8. The number of aromatic nitrogens is 4. The van der Waals surface area contributed by atoms with Crippen LogP contribution in [0.4, 0.5) is 0 Å². The SMILES string of the molecule is c1ccc(-c2nc(-c3ccc4cc(-c5cccc6ccc7c8cccnc8sc7c56)ccc4c3)nc(-c3cccc4oc5ccccc5c34)n2)cc1. The van der Waals surface area contributed by atoms with E-state index in [4.69, 9.17) is 19.4 Å². The lowest BCUT2D eigenvalue weighted by Gasteiger charge is -2.11. The highest BCUT2D eigenvalue weighted by atomic mass is 32.1. The predicted octanol–water partition coefficient (Wildman–Crippen LogP) is 12.5. The van der Waals surface area contributed by atoms with Crippen LogP contribution in [0.2, 0.25) is 0 Å². The Labute approximate surface area is 301 Å². The first-order valence-corrected chi connectivity index (χ1v) is 18.0. The summed E-state index contributed by atoms with van der Waals surface area (Å²) in [5, 5.41) is 9.25. The molecule has 0 bridgehead atoms. The van der Waals surface area contributed by atoms with Crippen molar-refractivity contribution in [2.75, 3.05) is 0 Å². The Hall–Kier alpha value is -6.76. The maximum Gasteiger partial charge on any atom is 0.164 e. The number of hydrogen-bond donors (Lipinski definition) is 0. The molecule has 0 saturated carbocycles. The van der Waals surface area contributed by atoms with Crippen LogP contribution in [0.5, 0.6) is 0 Å². The number of para-hydroxylation sites is 1. The third-order valence-electron chi connectivity index (χ3n) is 9.98. The first-order chi connectivity index (χ1) is 25.7. The molecule has 0 amide bonds. The van der Waals surface area contributed by atoms with Crippen molar-refractivity contribution in [3.05, 3.63) is 158 Å². The van der Waals surface area contributed by atoms with Crippen molar-refractivity contribution in [2.24, 2.45) is 0 Å². The summed E-state index contributed by atoms with van der Waals surface area (Å²) in [4.78, 5) is 20.9. The summed E-state index contributed by atoms with van der Waals surface area (Å²) in [5.41, 5.74) is 6.81. The Morgan fingerprint density at radius 2 is 1.12 bits per heavy atom. The van der Waals surface area contributed by atoms with Gasteiger partial charge in [0.2, 0.25) is 0 Å². The average molecular weight is 683 g/mol. The van der Waals surface area contributed by atoms with Gasteiger partial charge in [-0.3, -0.25) is 0 Å². The van der Waals surface area contributed by atoms with Crippen molar-refractivity contribution in [2.45, 2.75) is 0 Å². The standard InChI is InChI=1S/C46H26N4OS/c1-2-9-28(10-3-1)43-48-44(50-45(49-43)37-14-7-17-39-41(37)36-12-4-5-16-38(36)51-39)32-21-19-29-25-31(20-18-30(29)26-32)33-13-6-11-27-22-23-34-35-15-8-24-47-46(35)52-42(34)40(27)33/h1-26H. The lowest BCUT2D eigenvalue weighted by molar-refractivity contribution is 0.669. The molecule has 0 atom stereocenters. The molecular formula is C46H26N4OS. The van der Waals surface area contributed by atoms with Crippen molar-refractivity contribution in [3.63, 3.8) is 0 Å². The molecule has 4 heterocycles. The quantitative estimate of drug-likeness (QED) is 0.185. The van der Waals surface area contributed by atoms with Crippen molar-refractivity contribution < 1.29 is 4.42 Å². The van der Waals surface area contributed by atoms with Gasteiger partial charge in [0.15, 0.2) is 17.5 Å². The van der Waals surface area contributed by atoms with Gasteiger partial charge in [-0.25, -0.2) is 19.9 Å². The van der Waals surface area contributed by atoms with Crippen LogP contribution in [0.3, 0.4) is 0 Å². The Balaban J connectivity index is 1.06. The van der Waals surface area contributed by atoms with Gasteiger partial charge in [0.1, 0.15) is 16.0 Å². The molecule has 11 aromatic rings. The molecule has 4 aromatic heterocycles. The minimum Gasteiger partial charge on any atom is -0.456 e. The van der Waals surface area contributed by atoms with Gasteiger partial charge in [0.25, 0.3) is 0 Å². The number of nitrogens with zero attached hydrogens (tertiary/aromatic N) is 4. The van der Waals surface area contributed by atoms with E-state index in [-0.39, 0.29) is 0 Å². The number of pyridine rings is 1. The second kappa shape index (κ2) is 11.4. The summed E-state index contributed by atoms with van der Waals surface area (Å²) in [6.07, 6.45) is 1.88. The molecule has 0 radical (unpaired) electrons. The highest BCUT2D eigenvalue weighted by molar-refractivity contribution is 7.26. The molecule has 5 nitrogen and oxygen atoms in total. The molecule has 0 saturated heterocycles. The fourth-order valence-electron chi connectivity index (χ4n) is 7.53. The maximum absolute atomic E-state index is 6.22. The van der Waals surface area contributed by atoms with Crippen LogP contribution >= 0.6 is 11.3 Å². The number of furan rings is 1. The van der Waals surface area contributed by atoms with Gasteiger partial charge < -0.3 is 4.42 Å². The molecule has 6 heteroatoms. The summed E-state index contributed by atoms with van der Waals surface area (Å²) < 4.78 is 7.49. The molecule has 52 heavy (non-hydrogen) atoms. The number of rotatable bonds is 4. The third kappa shape index (κ3) is 4.55. The summed E-state index contributed by atoms with van der Waals surface area (Å²) >= 11 is 1.77. The van der Waals surface area contributed by atoms with E-state index in [1.165, 1.54) is 37.4 Å². The molecule has 0 aliphatic heterocycles. The zero-order valence-corrected chi connectivity index (χ0v) is 28.4. The molecule has 7 aromatic carbocycles. The van der Waals surface area contributed by atoms with Crippen LogP contribution in [0.1, 0.15) is 0 Å². The van der Waals surface area contributed by atoms with E-state index >= 15 is 0 Å². The molecule has 0 aliphatic rings. The van der Waals surface area contributed by atoms with Crippen molar-refractivity contribution in [1.82, 2.24) is 19.9 Å². The van der Waals surface area contributed by atoms with Gasteiger partial charge in [-0.2, -0.15) is 0 Å². The number of hydrogen-bond acceptors (Lipinski definition) is 6. The number of benzene rings is 7. The van der Waals surface area contributed by atoms with Gasteiger partial charge in [-0.15, -0.1) is 11.3 Å². The Bertz CT molecular complexity index is 3200. The summed E-state index contributed by atoms with van der Waals surface area (Å²) in [5.74, 6) is 1.85. The van der Waals surface area contributed by atoms with Gasteiger partial charge in [-0.05, 0) is 63.7 Å². The minimum atomic E-state index is 0.607. The molecule has 0 N–H and O–H groups in total.